The molecule has 0 fully saturated rings. The molecule has 0 radical (unpaired) electrons. The number of nitrogens with zero attached hydrogens (tertiary/aromatic N) is 2. The number of nitrogens with one attached hydrogen (secondary N) is 1. The molecular formula is C22H18FN3O4. The van der Waals surface area contributed by atoms with Crippen LogP contribution in [-0.2, 0) is 6.61 Å². The van der Waals surface area contributed by atoms with Gasteiger partial charge in [0.1, 0.15) is 23.9 Å². The summed E-state index contributed by atoms with van der Waals surface area (Å²) in [5, 5.41) is 2.73. The number of halogens is 1. The van der Waals surface area contributed by atoms with Crippen LogP contribution in [-0.4, -0.2) is 15.5 Å². The molecule has 0 unspecified atom stereocenters. The van der Waals surface area contributed by atoms with E-state index >= 15 is 0 Å². The Hall–Kier alpha value is -3.94. The molecule has 0 aliphatic carbocycles. The number of anilines is 1. The van der Waals surface area contributed by atoms with Crippen molar-refractivity contribution in [2.75, 3.05) is 5.32 Å². The first-order valence-electron chi connectivity index (χ1n) is 9.19. The number of aromatic nitrogens is 2. The highest BCUT2D eigenvalue weighted by Gasteiger charge is 2.13. The molecule has 1 amide bonds. The molecule has 0 saturated carbocycles. The van der Waals surface area contributed by atoms with Crippen molar-refractivity contribution in [3.63, 3.8) is 0 Å². The average molecular weight is 407 g/mol. The maximum atomic E-state index is 13.4. The molecule has 0 spiro atoms. The standard InChI is InChI=1S/C22H18FN3O4/c1-13-6-7-18(25-22(28)15-4-3-5-16(23)10-15)19(8-13)29-12-17-11-21(27)26-20(24-17)9-14(2)30-26/h3-11H,12H2,1-2H3,(H,25,28). The smallest absolute Gasteiger partial charge is 0.287 e. The first-order chi connectivity index (χ1) is 14.4. The zero-order valence-electron chi connectivity index (χ0n) is 16.3. The van der Waals surface area contributed by atoms with Gasteiger partial charge in [0.2, 0.25) is 0 Å². The topological polar surface area (TPSA) is 85.8 Å². The van der Waals surface area contributed by atoms with E-state index in [2.05, 4.69) is 10.3 Å². The molecule has 2 heterocycles. The third-order valence-corrected chi connectivity index (χ3v) is 4.37. The van der Waals surface area contributed by atoms with Crippen molar-refractivity contribution < 1.29 is 18.4 Å². The first-order valence-corrected chi connectivity index (χ1v) is 9.19. The number of aryl methyl sites for hydroxylation is 2. The lowest BCUT2D eigenvalue weighted by Gasteiger charge is -2.13. The van der Waals surface area contributed by atoms with Gasteiger partial charge in [-0.25, -0.2) is 9.37 Å². The Morgan fingerprint density at radius 3 is 2.80 bits per heavy atom. The van der Waals surface area contributed by atoms with Crippen LogP contribution >= 0.6 is 0 Å². The highest BCUT2D eigenvalue weighted by Crippen LogP contribution is 2.27. The summed E-state index contributed by atoms with van der Waals surface area (Å²) in [6, 6.07) is 13.7. The monoisotopic (exact) mass is 407 g/mol. The van der Waals surface area contributed by atoms with Crippen LogP contribution in [0.3, 0.4) is 0 Å². The second kappa shape index (κ2) is 7.82. The molecule has 0 bridgehead atoms. The van der Waals surface area contributed by atoms with Gasteiger partial charge in [-0.15, -0.1) is 4.57 Å². The van der Waals surface area contributed by atoms with Gasteiger partial charge in [0.15, 0.2) is 5.65 Å². The van der Waals surface area contributed by atoms with Gasteiger partial charge in [0, 0.05) is 17.7 Å². The predicted molar refractivity (Wildman–Crippen MR) is 108 cm³/mol. The Bertz CT molecular complexity index is 1310. The second-order valence-electron chi connectivity index (χ2n) is 6.84. The third kappa shape index (κ3) is 4.07. The van der Waals surface area contributed by atoms with E-state index < -0.39 is 11.7 Å². The lowest BCUT2D eigenvalue weighted by Crippen LogP contribution is -2.15. The van der Waals surface area contributed by atoms with Crippen LogP contribution in [0.1, 0.15) is 27.4 Å². The number of ether oxygens (including phenoxy) is 1. The normalized spacial score (nSPS) is 10.9. The summed E-state index contributed by atoms with van der Waals surface area (Å²) >= 11 is 0. The van der Waals surface area contributed by atoms with Gasteiger partial charge in [-0.1, -0.05) is 12.1 Å². The number of benzene rings is 2. The van der Waals surface area contributed by atoms with Crippen molar-refractivity contribution in [1.29, 1.82) is 0 Å². The van der Waals surface area contributed by atoms with E-state index in [1.165, 1.54) is 24.3 Å². The molecule has 4 rings (SSSR count). The second-order valence-corrected chi connectivity index (χ2v) is 6.84. The van der Waals surface area contributed by atoms with E-state index in [-0.39, 0.29) is 17.7 Å². The number of hydrogen-bond donors (Lipinski definition) is 1. The molecule has 0 aliphatic heterocycles. The van der Waals surface area contributed by atoms with Crippen molar-refractivity contribution >= 4 is 17.2 Å². The fourth-order valence-electron chi connectivity index (χ4n) is 2.98. The number of fused-ring (bicyclic) bond motifs is 1. The summed E-state index contributed by atoms with van der Waals surface area (Å²) in [7, 11) is 0. The fraction of sp³-hybridized carbons (Fsp3) is 0.136. The summed E-state index contributed by atoms with van der Waals surface area (Å²) in [6.45, 7) is 3.63. The predicted octanol–water partition coefficient (Wildman–Crippen LogP) is 3.87. The zero-order chi connectivity index (χ0) is 21.3. The highest BCUT2D eigenvalue weighted by atomic mass is 19.1. The Kier molecular flexibility index (Phi) is 5.05. The van der Waals surface area contributed by atoms with Gasteiger partial charge in [-0.05, 0) is 49.7 Å². The maximum absolute atomic E-state index is 13.4. The summed E-state index contributed by atoms with van der Waals surface area (Å²) in [5.41, 5.74) is 1.99. The number of amides is 1. The lowest BCUT2D eigenvalue weighted by atomic mass is 10.1. The van der Waals surface area contributed by atoms with Crippen LogP contribution in [0.2, 0.25) is 0 Å². The molecule has 0 atom stereocenters. The van der Waals surface area contributed by atoms with Gasteiger partial charge in [0.25, 0.3) is 11.5 Å². The minimum absolute atomic E-state index is 0.0161. The molecule has 0 saturated heterocycles. The minimum Gasteiger partial charge on any atom is -0.485 e. The van der Waals surface area contributed by atoms with Crippen LogP contribution in [0.15, 0.2) is 63.9 Å². The van der Waals surface area contributed by atoms with Crippen molar-refractivity contribution in [3.8, 4) is 5.75 Å². The van der Waals surface area contributed by atoms with Crippen molar-refractivity contribution in [2.45, 2.75) is 20.5 Å². The van der Waals surface area contributed by atoms with Crippen molar-refractivity contribution in [3.05, 3.63) is 93.3 Å². The molecule has 1 N–H and O–H groups in total. The fourth-order valence-corrected chi connectivity index (χ4v) is 2.98. The SMILES string of the molecule is Cc1ccc(NC(=O)c2cccc(F)c2)c(OCc2cc(=O)n3oc(C)cc3n2)c1. The van der Waals surface area contributed by atoms with Gasteiger partial charge in [-0.3, -0.25) is 9.59 Å². The lowest BCUT2D eigenvalue weighted by molar-refractivity contribution is 0.102. The summed E-state index contributed by atoms with van der Waals surface area (Å²) in [6.07, 6.45) is 0. The number of carbonyl (C=O) groups excluding carboxylic acids is 1. The molecule has 2 aromatic heterocycles. The van der Waals surface area contributed by atoms with Crippen LogP contribution in [0.25, 0.3) is 5.65 Å². The highest BCUT2D eigenvalue weighted by molar-refractivity contribution is 6.05. The zero-order valence-corrected chi connectivity index (χ0v) is 16.3. The summed E-state index contributed by atoms with van der Waals surface area (Å²) in [4.78, 5) is 29.0. The van der Waals surface area contributed by atoms with E-state index in [9.17, 15) is 14.0 Å². The Balaban J connectivity index is 1.56. The van der Waals surface area contributed by atoms with E-state index in [0.717, 1.165) is 16.2 Å². The molecule has 2 aromatic carbocycles. The van der Waals surface area contributed by atoms with E-state index in [0.29, 0.717) is 28.5 Å². The van der Waals surface area contributed by atoms with E-state index in [1.54, 1.807) is 25.1 Å². The van der Waals surface area contributed by atoms with Gasteiger partial charge < -0.3 is 14.6 Å². The van der Waals surface area contributed by atoms with Gasteiger partial charge in [-0.2, -0.15) is 0 Å². The summed E-state index contributed by atoms with van der Waals surface area (Å²) < 4.78 is 25.6. The van der Waals surface area contributed by atoms with Gasteiger partial charge >= 0.3 is 0 Å². The number of rotatable bonds is 5. The molecule has 4 aromatic rings. The van der Waals surface area contributed by atoms with E-state index in [4.69, 9.17) is 9.26 Å². The first kappa shape index (κ1) is 19.4. The molecular weight excluding hydrogens is 389 g/mol. The van der Waals surface area contributed by atoms with Gasteiger partial charge in [0.05, 0.1) is 11.4 Å². The number of carbonyl (C=O) groups is 1. The Labute approximate surface area is 170 Å². The average Bonchev–Trinajstić information content (AvgIpc) is 3.09. The molecule has 30 heavy (non-hydrogen) atoms. The van der Waals surface area contributed by atoms with Crippen LogP contribution in [0.4, 0.5) is 10.1 Å². The quantitative estimate of drug-likeness (QED) is 0.543. The Morgan fingerprint density at radius 2 is 2.00 bits per heavy atom. The Morgan fingerprint density at radius 1 is 1.17 bits per heavy atom. The van der Waals surface area contributed by atoms with Crippen LogP contribution < -0.4 is 15.6 Å². The molecule has 152 valence electrons. The largest absolute Gasteiger partial charge is 0.485 e. The number of hydrogen-bond acceptors (Lipinski definition) is 5. The molecule has 7 nitrogen and oxygen atoms in total. The summed E-state index contributed by atoms with van der Waals surface area (Å²) in [5.74, 6) is 0.0176. The van der Waals surface area contributed by atoms with Crippen LogP contribution in [0.5, 0.6) is 5.75 Å². The molecule has 0 aliphatic rings. The van der Waals surface area contributed by atoms with Crippen LogP contribution in [0, 0.1) is 19.7 Å². The molecule has 8 heteroatoms. The third-order valence-electron chi connectivity index (χ3n) is 4.37. The minimum atomic E-state index is -0.495. The maximum Gasteiger partial charge on any atom is 0.287 e. The van der Waals surface area contributed by atoms with Crippen molar-refractivity contribution in [2.24, 2.45) is 0 Å². The van der Waals surface area contributed by atoms with Crippen molar-refractivity contribution in [1.82, 2.24) is 9.56 Å². The van der Waals surface area contributed by atoms with E-state index in [1.807, 2.05) is 13.0 Å².